The van der Waals surface area contributed by atoms with Crippen molar-refractivity contribution < 1.29 is 0 Å². The molecule has 0 amide bonds. The molecule has 1 aliphatic carbocycles. The SMILES string of the molecule is Cn1cc(CCCSc2nnc(N3CCCCC3)n2C2CC2)cn1. The predicted molar refractivity (Wildman–Crippen MR) is 96.6 cm³/mol. The fourth-order valence-corrected chi connectivity index (χ4v) is 4.31. The van der Waals surface area contributed by atoms with Crippen LogP contribution in [0.4, 0.5) is 5.95 Å². The maximum absolute atomic E-state index is 4.55. The van der Waals surface area contributed by atoms with Gasteiger partial charge in [0, 0.05) is 38.1 Å². The van der Waals surface area contributed by atoms with Gasteiger partial charge < -0.3 is 4.90 Å². The van der Waals surface area contributed by atoms with Crippen LogP contribution in [0.25, 0.3) is 0 Å². The van der Waals surface area contributed by atoms with Crippen molar-refractivity contribution in [3.05, 3.63) is 18.0 Å². The van der Waals surface area contributed by atoms with Crippen molar-refractivity contribution in [1.82, 2.24) is 24.5 Å². The molecular formula is C17H26N6S. The number of anilines is 1. The first-order valence-corrected chi connectivity index (χ1v) is 10.1. The van der Waals surface area contributed by atoms with Gasteiger partial charge >= 0.3 is 0 Å². The maximum Gasteiger partial charge on any atom is 0.228 e. The van der Waals surface area contributed by atoms with E-state index in [2.05, 4.69) is 31.0 Å². The first kappa shape index (κ1) is 16.0. The lowest BCUT2D eigenvalue weighted by Crippen LogP contribution is -2.31. The Hall–Kier alpha value is -1.50. The summed E-state index contributed by atoms with van der Waals surface area (Å²) in [5.74, 6) is 2.20. The molecule has 0 radical (unpaired) electrons. The van der Waals surface area contributed by atoms with Crippen LogP contribution in [0.5, 0.6) is 0 Å². The van der Waals surface area contributed by atoms with Gasteiger partial charge in [0.15, 0.2) is 5.16 Å². The highest BCUT2D eigenvalue weighted by Gasteiger charge is 2.31. The summed E-state index contributed by atoms with van der Waals surface area (Å²) >= 11 is 1.86. The molecule has 2 aromatic heterocycles. The van der Waals surface area contributed by atoms with E-state index in [1.165, 1.54) is 37.7 Å². The van der Waals surface area contributed by atoms with Gasteiger partial charge in [-0.15, -0.1) is 10.2 Å². The van der Waals surface area contributed by atoms with Gasteiger partial charge in [-0.2, -0.15) is 5.10 Å². The number of thioether (sulfide) groups is 1. The second kappa shape index (κ2) is 7.17. The average Bonchev–Trinajstić information content (AvgIpc) is 3.22. The van der Waals surface area contributed by atoms with Crippen molar-refractivity contribution in [1.29, 1.82) is 0 Å². The Morgan fingerprint density at radius 1 is 1.17 bits per heavy atom. The summed E-state index contributed by atoms with van der Waals surface area (Å²) in [5, 5.41) is 14.4. The lowest BCUT2D eigenvalue weighted by atomic mass is 10.1. The molecule has 0 aromatic carbocycles. The lowest BCUT2D eigenvalue weighted by molar-refractivity contribution is 0.548. The summed E-state index contributed by atoms with van der Waals surface area (Å²) in [4.78, 5) is 2.44. The van der Waals surface area contributed by atoms with Gasteiger partial charge in [0.2, 0.25) is 5.95 Å². The third-order valence-electron chi connectivity index (χ3n) is 4.80. The van der Waals surface area contributed by atoms with Gasteiger partial charge in [-0.05, 0) is 50.5 Å². The number of aryl methyl sites for hydroxylation is 2. The van der Waals surface area contributed by atoms with Crippen LogP contribution in [0.3, 0.4) is 0 Å². The molecule has 0 N–H and O–H groups in total. The Bertz CT molecular complexity index is 668. The zero-order chi connectivity index (χ0) is 16.4. The number of hydrogen-bond acceptors (Lipinski definition) is 5. The second-order valence-electron chi connectivity index (χ2n) is 6.91. The van der Waals surface area contributed by atoms with Crippen LogP contribution in [-0.4, -0.2) is 43.4 Å². The van der Waals surface area contributed by atoms with Crippen LogP contribution in [0.2, 0.25) is 0 Å². The van der Waals surface area contributed by atoms with Crippen LogP contribution in [0.1, 0.15) is 50.1 Å². The smallest absolute Gasteiger partial charge is 0.228 e. The summed E-state index contributed by atoms with van der Waals surface area (Å²) in [6, 6.07) is 0.637. The minimum absolute atomic E-state index is 0.637. The second-order valence-corrected chi connectivity index (χ2v) is 7.97. The molecule has 6 nitrogen and oxygen atoms in total. The predicted octanol–water partition coefficient (Wildman–Crippen LogP) is 3.06. The first-order chi connectivity index (χ1) is 11.8. The summed E-state index contributed by atoms with van der Waals surface area (Å²) in [6.07, 6.45) is 12.8. The molecule has 2 aromatic rings. The Kier molecular flexibility index (Phi) is 4.78. The van der Waals surface area contributed by atoms with Crippen LogP contribution < -0.4 is 4.90 Å². The fourth-order valence-electron chi connectivity index (χ4n) is 3.37. The zero-order valence-electron chi connectivity index (χ0n) is 14.4. The molecule has 0 unspecified atom stereocenters. The van der Waals surface area contributed by atoms with Crippen molar-refractivity contribution in [3.8, 4) is 0 Å². The normalized spacial score (nSPS) is 18.3. The summed E-state index contributed by atoms with van der Waals surface area (Å²) in [7, 11) is 1.97. The fraction of sp³-hybridized carbons (Fsp3) is 0.706. The minimum Gasteiger partial charge on any atom is -0.341 e. The summed E-state index contributed by atoms with van der Waals surface area (Å²) in [5.41, 5.74) is 1.32. The van der Waals surface area contributed by atoms with E-state index in [9.17, 15) is 0 Å². The standard InChI is InChI=1S/C17H26N6S/c1-21-13-14(12-18-21)6-5-11-24-17-20-19-16(23(17)15-7-8-15)22-9-3-2-4-10-22/h12-13,15H,2-11H2,1H3. The quantitative estimate of drug-likeness (QED) is 0.570. The molecule has 1 aliphatic heterocycles. The van der Waals surface area contributed by atoms with Crippen molar-refractivity contribution in [2.45, 2.75) is 56.1 Å². The molecular weight excluding hydrogens is 320 g/mol. The van der Waals surface area contributed by atoms with E-state index in [1.54, 1.807) is 0 Å². The largest absolute Gasteiger partial charge is 0.341 e. The molecule has 0 spiro atoms. The number of piperidine rings is 1. The molecule has 0 atom stereocenters. The van der Waals surface area contributed by atoms with Crippen LogP contribution in [0, 0.1) is 0 Å². The third-order valence-corrected chi connectivity index (χ3v) is 5.83. The average molecular weight is 347 g/mol. The molecule has 2 fully saturated rings. The van der Waals surface area contributed by atoms with E-state index in [1.807, 2.05) is 29.7 Å². The van der Waals surface area contributed by atoms with Crippen LogP contribution in [0.15, 0.2) is 17.6 Å². The topological polar surface area (TPSA) is 51.8 Å². The van der Waals surface area contributed by atoms with Crippen molar-refractivity contribution in [2.75, 3.05) is 23.7 Å². The van der Waals surface area contributed by atoms with Crippen LogP contribution >= 0.6 is 11.8 Å². The van der Waals surface area contributed by atoms with Crippen molar-refractivity contribution in [2.24, 2.45) is 7.05 Å². The molecule has 130 valence electrons. The highest BCUT2D eigenvalue weighted by Crippen LogP contribution is 2.41. The summed E-state index contributed by atoms with van der Waals surface area (Å²) < 4.78 is 4.29. The molecule has 1 saturated carbocycles. The lowest BCUT2D eigenvalue weighted by Gasteiger charge is -2.27. The Balaban J connectivity index is 1.37. The van der Waals surface area contributed by atoms with Gasteiger partial charge in [0.1, 0.15) is 0 Å². The highest BCUT2D eigenvalue weighted by atomic mass is 32.2. The Morgan fingerprint density at radius 3 is 2.71 bits per heavy atom. The van der Waals surface area contributed by atoms with E-state index >= 15 is 0 Å². The van der Waals surface area contributed by atoms with Gasteiger partial charge in [-0.25, -0.2) is 0 Å². The molecule has 0 bridgehead atoms. The van der Waals surface area contributed by atoms with Gasteiger partial charge in [-0.3, -0.25) is 9.25 Å². The summed E-state index contributed by atoms with van der Waals surface area (Å²) in [6.45, 7) is 2.27. The minimum atomic E-state index is 0.637. The first-order valence-electron chi connectivity index (χ1n) is 9.11. The van der Waals surface area contributed by atoms with Gasteiger partial charge in [0.25, 0.3) is 0 Å². The zero-order valence-corrected chi connectivity index (χ0v) is 15.2. The molecule has 24 heavy (non-hydrogen) atoms. The van der Waals surface area contributed by atoms with Gasteiger partial charge in [-0.1, -0.05) is 11.8 Å². The number of hydrogen-bond donors (Lipinski definition) is 0. The van der Waals surface area contributed by atoms with E-state index in [4.69, 9.17) is 0 Å². The molecule has 3 heterocycles. The monoisotopic (exact) mass is 346 g/mol. The molecule has 7 heteroatoms. The highest BCUT2D eigenvalue weighted by molar-refractivity contribution is 7.99. The van der Waals surface area contributed by atoms with Crippen molar-refractivity contribution in [3.63, 3.8) is 0 Å². The van der Waals surface area contributed by atoms with Crippen molar-refractivity contribution >= 4 is 17.7 Å². The van der Waals surface area contributed by atoms with Crippen LogP contribution in [-0.2, 0) is 13.5 Å². The van der Waals surface area contributed by atoms with E-state index in [0.717, 1.165) is 42.8 Å². The molecule has 4 rings (SSSR count). The number of nitrogens with zero attached hydrogens (tertiary/aromatic N) is 6. The number of rotatable bonds is 7. The maximum atomic E-state index is 4.55. The molecule has 1 saturated heterocycles. The van der Waals surface area contributed by atoms with E-state index in [0.29, 0.717) is 6.04 Å². The van der Waals surface area contributed by atoms with E-state index in [-0.39, 0.29) is 0 Å². The Morgan fingerprint density at radius 2 is 2.00 bits per heavy atom. The number of aromatic nitrogens is 5. The van der Waals surface area contributed by atoms with Gasteiger partial charge in [0.05, 0.1) is 6.20 Å². The Labute approximate surface area is 147 Å². The molecule has 2 aliphatic rings. The third kappa shape index (κ3) is 3.61. The van der Waals surface area contributed by atoms with E-state index < -0.39 is 0 Å².